The minimum Gasteiger partial charge on any atom is -0.454 e. The minimum atomic E-state index is -0.916. The first kappa shape index (κ1) is 15.8. The van der Waals surface area contributed by atoms with Crippen LogP contribution in [0.1, 0.15) is 17.5 Å². The van der Waals surface area contributed by atoms with Crippen LogP contribution in [0.15, 0.2) is 42.5 Å². The molecule has 0 saturated heterocycles. The Kier molecular flexibility index (Phi) is 3.97. The summed E-state index contributed by atoms with van der Waals surface area (Å²) >= 11 is 0. The summed E-state index contributed by atoms with van der Waals surface area (Å²) in [6.07, 6.45) is 2.00. The monoisotopic (exact) mass is 340 g/mol. The number of amides is 2. The number of ether oxygens (including phenoxy) is 2. The van der Waals surface area contributed by atoms with E-state index < -0.39 is 5.60 Å². The van der Waals surface area contributed by atoms with Crippen molar-refractivity contribution in [2.75, 3.05) is 18.7 Å². The smallest absolute Gasteiger partial charge is 0.319 e. The van der Waals surface area contributed by atoms with E-state index >= 15 is 0 Å². The molecule has 0 radical (unpaired) electrons. The Labute approximate surface area is 145 Å². The Balaban J connectivity index is 1.34. The molecule has 0 bridgehead atoms. The molecule has 3 N–H and O–H groups in total. The highest BCUT2D eigenvalue weighted by Crippen LogP contribution is 2.34. The minimum absolute atomic E-state index is 0.194. The van der Waals surface area contributed by atoms with Crippen LogP contribution in [-0.2, 0) is 12.8 Å². The molecule has 130 valence electrons. The molecule has 1 aliphatic carbocycles. The van der Waals surface area contributed by atoms with Gasteiger partial charge < -0.3 is 25.2 Å². The first-order valence-corrected chi connectivity index (χ1v) is 8.35. The van der Waals surface area contributed by atoms with Gasteiger partial charge in [0.05, 0.1) is 5.60 Å². The molecule has 4 rings (SSSR count). The van der Waals surface area contributed by atoms with E-state index in [0.29, 0.717) is 30.0 Å². The third-order valence-electron chi connectivity index (χ3n) is 4.71. The van der Waals surface area contributed by atoms with E-state index in [2.05, 4.69) is 16.7 Å². The van der Waals surface area contributed by atoms with Crippen LogP contribution in [0.2, 0.25) is 0 Å². The number of aliphatic hydroxyl groups is 1. The fourth-order valence-corrected chi connectivity index (χ4v) is 3.33. The number of anilines is 1. The first-order valence-electron chi connectivity index (χ1n) is 8.35. The van der Waals surface area contributed by atoms with E-state index in [4.69, 9.17) is 9.47 Å². The number of benzene rings is 2. The van der Waals surface area contributed by atoms with E-state index in [-0.39, 0.29) is 19.4 Å². The molecule has 1 heterocycles. The molecule has 2 aliphatic rings. The van der Waals surface area contributed by atoms with Crippen LogP contribution in [-0.4, -0.2) is 30.1 Å². The Morgan fingerprint density at radius 3 is 2.80 bits per heavy atom. The Hall–Kier alpha value is -2.73. The molecule has 1 aliphatic heterocycles. The van der Waals surface area contributed by atoms with Gasteiger partial charge in [0.25, 0.3) is 0 Å². The summed E-state index contributed by atoms with van der Waals surface area (Å²) in [5.74, 6) is 1.28. The number of urea groups is 1. The lowest BCUT2D eigenvalue weighted by Crippen LogP contribution is -2.47. The SMILES string of the molecule is O=C(NCC1(O)CCc2ccccc2C1)Nc1ccc2c(c1)OCO2. The summed E-state index contributed by atoms with van der Waals surface area (Å²) in [4.78, 5) is 12.1. The van der Waals surface area contributed by atoms with Crippen LogP contribution < -0.4 is 20.1 Å². The molecule has 2 amide bonds. The quantitative estimate of drug-likeness (QED) is 0.802. The standard InChI is InChI=1S/C19H20N2O4/c22-18(21-15-5-6-16-17(9-15)25-12-24-16)20-11-19(23)8-7-13-3-1-2-4-14(13)10-19/h1-6,9,23H,7-8,10-12H2,(H2,20,21,22). The van der Waals surface area contributed by atoms with Crippen molar-refractivity contribution in [1.29, 1.82) is 0 Å². The molecular weight excluding hydrogens is 320 g/mol. The van der Waals surface area contributed by atoms with Gasteiger partial charge in [-0.2, -0.15) is 0 Å². The van der Waals surface area contributed by atoms with Crippen molar-refractivity contribution in [3.05, 3.63) is 53.6 Å². The summed E-state index contributed by atoms with van der Waals surface area (Å²) in [5.41, 5.74) is 2.12. The average Bonchev–Trinajstić information content (AvgIpc) is 3.08. The predicted octanol–water partition coefficient (Wildman–Crippen LogP) is 2.46. The third-order valence-corrected chi connectivity index (χ3v) is 4.71. The van der Waals surface area contributed by atoms with Crippen LogP contribution in [0, 0.1) is 0 Å². The second kappa shape index (κ2) is 6.29. The maximum Gasteiger partial charge on any atom is 0.319 e. The molecule has 0 aromatic heterocycles. The molecule has 0 fully saturated rings. The highest BCUT2D eigenvalue weighted by atomic mass is 16.7. The van der Waals surface area contributed by atoms with E-state index in [1.807, 2.05) is 18.2 Å². The second-order valence-electron chi connectivity index (χ2n) is 6.55. The molecule has 2 aromatic rings. The number of rotatable bonds is 3. The molecule has 25 heavy (non-hydrogen) atoms. The first-order chi connectivity index (χ1) is 12.1. The number of nitrogens with one attached hydrogen (secondary N) is 2. The number of carbonyl (C=O) groups excluding carboxylic acids is 1. The van der Waals surface area contributed by atoms with Crippen LogP contribution in [0.25, 0.3) is 0 Å². The molecule has 6 nitrogen and oxygen atoms in total. The van der Waals surface area contributed by atoms with Crippen molar-refractivity contribution in [1.82, 2.24) is 5.32 Å². The van der Waals surface area contributed by atoms with Crippen molar-refractivity contribution in [2.24, 2.45) is 0 Å². The largest absolute Gasteiger partial charge is 0.454 e. The Bertz CT molecular complexity index is 808. The fraction of sp³-hybridized carbons (Fsp3) is 0.316. The number of hydrogen-bond acceptors (Lipinski definition) is 4. The molecule has 2 aromatic carbocycles. The van der Waals surface area contributed by atoms with Crippen molar-refractivity contribution in [3.8, 4) is 11.5 Å². The summed E-state index contributed by atoms with van der Waals surface area (Å²) in [7, 11) is 0. The maximum absolute atomic E-state index is 12.1. The van der Waals surface area contributed by atoms with Crippen molar-refractivity contribution >= 4 is 11.7 Å². The molecule has 0 spiro atoms. The number of carbonyl (C=O) groups is 1. The number of fused-ring (bicyclic) bond motifs is 2. The van der Waals surface area contributed by atoms with Crippen molar-refractivity contribution in [3.63, 3.8) is 0 Å². The lowest BCUT2D eigenvalue weighted by molar-refractivity contribution is 0.0295. The molecule has 6 heteroatoms. The molecule has 1 atom stereocenters. The summed E-state index contributed by atoms with van der Waals surface area (Å²) in [6.45, 7) is 0.400. The Morgan fingerprint density at radius 1 is 1.12 bits per heavy atom. The fourth-order valence-electron chi connectivity index (χ4n) is 3.33. The lowest BCUT2D eigenvalue weighted by atomic mass is 9.80. The van der Waals surface area contributed by atoms with Crippen LogP contribution in [0.5, 0.6) is 11.5 Å². The van der Waals surface area contributed by atoms with Gasteiger partial charge in [0.15, 0.2) is 11.5 Å². The van der Waals surface area contributed by atoms with E-state index in [1.54, 1.807) is 18.2 Å². The highest BCUT2D eigenvalue weighted by Gasteiger charge is 2.32. The average molecular weight is 340 g/mol. The van der Waals surface area contributed by atoms with Crippen molar-refractivity contribution < 1.29 is 19.4 Å². The van der Waals surface area contributed by atoms with Gasteiger partial charge in [-0.05, 0) is 36.1 Å². The number of aryl methyl sites for hydroxylation is 1. The van der Waals surface area contributed by atoms with Gasteiger partial charge in [-0.15, -0.1) is 0 Å². The topological polar surface area (TPSA) is 79.8 Å². The Morgan fingerprint density at radius 2 is 1.92 bits per heavy atom. The van der Waals surface area contributed by atoms with Gasteiger partial charge in [0.1, 0.15) is 0 Å². The van der Waals surface area contributed by atoms with Gasteiger partial charge in [0, 0.05) is 24.7 Å². The van der Waals surface area contributed by atoms with Crippen LogP contribution >= 0.6 is 0 Å². The van der Waals surface area contributed by atoms with Gasteiger partial charge in [-0.3, -0.25) is 0 Å². The molecular formula is C19H20N2O4. The van der Waals surface area contributed by atoms with Gasteiger partial charge >= 0.3 is 6.03 Å². The highest BCUT2D eigenvalue weighted by molar-refractivity contribution is 5.89. The third kappa shape index (κ3) is 3.39. The zero-order valence-corrected chi connectivity index (χ0v) is 13.7. The van der Waals surface area contributed by atoms with E-state index in [9.17, 15) is 9.90 Å². The zero-order chi connectivity index (χ0) is 17.3. The summed E-state index contributed by atoms with van der Waals surface area (Å²) in [5, 5.41) is 16.3. The molecule has 0 saturated carbocycles. The predicted molar refractivity (Wildman–Crippen MR) is 93.0 cm³/mol. The van der Waals surface area contributed by atoms with E-state index in [0.717, 1.165) is 12.0 Å². The van der Waals surface area contributed by atoms with Gasteiger partial charge in [-0.1, -0.05) is 24.3 Å². The van der Waals surface area contributed by atoms with Crippen molar-refractivity contribution in [2.45, 2.75) is 24.9 Å². The van der Waals surface area contributed by atoms with E-state index in [1.165, 1.54) is 5.56 Å². The zero-order valence-electron chi connectivity index (χ0n) is 13.7. The summed E-state index contributed by atoms with van der Waals surface area (Å²) in [6, 6.07) is 13.0. The van der Waals surface area contributed by atoms with Crippen LogP contribution in [0.4, 0.5) is 10.5 Å². The van der Waals surface area contributed by atoms with Gasteiger partial charge in [-0.25, -0.2) is 4.79 Å². The van der Waals surface area contributed by atoms with Crippen LogP contribution in [0.3, 0.4) is 0 Å². The maximum atomic E-state index is 12.1. The number of hydrogen-bond donors (Lipinski definition) is 3. The van der Waals surface area contributed by atoms with Gasteiger partial charge in [0.2, 0.25) is 6.79 Å². The second-order valence-corrected chi connectivity index (χ2v) is 6.55. The lowest BCUT2D eigenvalue weighted by Gasteiger charge is -2.33. The summed E-state index contributed by atoms with van der Waals surface area (Å²) < 4.78 is 10.5. The molecule has 1 unspecified atom stereocenters. The normalized spacial score (nSPS) is 20.7.